The maximum atomic E-state index is 2.37. The van der Waals surface area contributed by atoms with E-state index in [-0.39, 0.29) is 0 Å². The monoisotopic (exact) mass is 150 g/mol. The molecule has 0 amide bonds. The van der Waals surface area contributed by atoms with Gasteiger partial charge >= 0.3 is 0 Å². The maximum Gasteiger partial charge on any atom is -0.00646 e. The van der Waals surface area contributed by atoms with Crippen LogP contribution in [-0.2, 0) is 0 Å². The predicted molar refractivity (Wildman–Crippen MR) is 50.6 cm³/mol. The Balaban J connectivity index is 2.34. The first kappa shape index (κ1) is 8.58. The topological polar surface area (TPSA) is 0 Å². The molecular weight excluding hydrogens is 132 g/mol. The van der Waals surface area contributed by atoms with Crippen molar-refractivity contribution in [2.24, 2.45) is 0 Å². The molecule has 0 nitrogen and oxygen atoms in total. The molecule has 0 heterocycles. The summed E-state index contributed by atoms with van der Waals surface area (Å²) in [5, 5.41) is 0. The highest BCUT2D eigenvalue weighted by atomic mass is 14.2. The van der Waals surface area contributed by atoms with Gasteiger partial charge in [0.15, 0.2) is 0 Å². The molecule has 0 fully saturated rings. The van der Waals surface area contributed by atoms with Gasteiger partial charge in [-0.1, -0.05) is 30.6 Å². The molecule has 0 unspecified atom stereocenters. The van der Waals surface area contributed by atoms with Gasteiger partial charge < -0.3 is 0 Å². The van der Waals surface area contributed by atoms with Crippen LogP contribution in [0, 0.1) is 0 Å². The zero-order valence-corrected chi connectivity index (χ0v) is 7.91. The Morgan fingerprint density at radius 2 is 2.09 bits per heavy atom. The van der Waals surface area contributed by atoms with Crippen molar-refractivity contribution in [3.63, 3.8) is 0 Å². The van der Waals surface area contributed by atoms with Crippen LogP contribution >= 0.6 is 0 Å². The summed E-state index contributed by atoms with van der Waals surface area (Å²) in [7, 11) is 0. The Bertz CT molecular complexity index is 190. The number of rotatable bonds is 3. The van der Waals surface area contributed by atoms with Crippen LogP contribution in [0.2, 0.25) is 0 Å². The van der Waals surface area contributed by atoms with Crippen LogP contribution in [0.4, 0.5) is 0 Å². The van der Waals surface area contributed by atoms with Crippen molar-refractivity contribution < 1.29 is 0 Å². The van der Waals surface area contributed by atoms with Gasteiger partial charge in [0.2, 0.25) is 0 Å². The van der Waals surface area contributed by atoms with E-state index in [1.807, 2.05) is 0 Å². The number of hydrogen-bond acceptors (Lipinski definition) is 0. The minimum absolute atomic E-state index is 1.27. The second-order valence-electron chi connectivity index (χ2n) is 3.61. The van der Waals surface area contributed by atoms with Crippen LogP contribution in [-0.4, -0.2) is 0 Å². The van der Waals surface area contributed by atoms with Gasteiger partial charge in [-0.3, -0.25) is 0 Å². The second-order valence-corrected chi connectivity index (χ2v) is 3.61. The van der Waals surface area contributed by atoms with Crippen LogP contribution in [0.15, 0.2) is 22.8 Å². The molecule has 1 aliphatic rings. The van der Waals surface area contributed by atoms with Crippen LogP contribution in [0.25, 0.3) is 0 Å². The van der Waals surface area contributed by atoms with Crippen molar-refractivity contribution in [2.75, 3.05) is 0 Å². The van der Waals surface area contributed by atoms with E-state index in [4.69, 9.17) is 0 Å². The third kappa shape index (κ3) is 2.21. The molecule has 0 atom stereocenters. The van der Waals surface area contributed by atoms with Crippen LogP contribution in [0.1, 0.15) is 46.5 Å². The lowest BCUT2D eigenvalue weighted by atomic mass is 9.86. The molecule has 1 aliphatic carbocycles. The normalized spacial score (nSPS) is 15.9. The summed E-state index contributed by atoms with van der Waals surface area (Å²) in [6, 6.07) is 0. The average molecular weight is 150 g/mol. The molecule has 0 saturated heterocycles. The molecule has 0 aromatic carbocycles. The Hall–Kier alpha value is -0.520. The number of allylic oxidation sites excluding steroid dienone is 4. The van der Waals surface area contributed by atoms with Gasteiger partial charge in [0, 0.05) is 0 Å². The van der Waals surface area contributed by atoms with E-state index in [1.165, 1.54) is 31.3 Å². The van der Waals surface area contributed by atoms with Crippen LogP contribution < -0.4 is 0 Å². The van der Waals surface area contributed by atoms with E-state index < -0.39 is 0 Å². The fourth-order valence-corrected chi connectivity index (χ4v) is 1.35. The molecule has 0 N–H and O–H groups in total. The van der Waals surface area contributed by atoms with Gasteiger partial charge in [0.1, 0.15) is 0 Å². The van der Waals surface area contributed by atoms with Crippen molar-refractivity contribution in [3.05, 3.63) is 22.8 Å². The Morgan fingerprint density at radius 1 is 1.45 bits per heavy atom. The van der Waals surface area contributed by atoms with E-state index >= 15 is 0 Å². The number of unbranched alkanes of at least 4 members (excludes halogenated alkanes) is 1. The van der Waals surface area contributed by atoms with Gasteiger partial charge in [0.25, 0.3) is 0 Å². The summed E-state index contributed by atoms with van der Waals surface area (Å²) < 4.78 is 0. The Labute approximate surface area is 70.0 Å². The van der Waals surface area contributed by atoms with Crippen molar-refractivity contribution in [2.45, 2.75) is 46.5 Å². The van der Waals surface area contributed by atoms with Gasteiger partial charge in [-0.05, 0) is 38.7 Å². The SMILES string of the molecule is CCCCC1=CC(=C(C)C)C1. The number of hydrogen-bond donors (Lipinski definition) is 0. The van der Waals surface area contributed by atoms with E-state index in [1.54, 1.807) is 11.1 Å². The smallest absolute Gasteiger partial charge is 0.00646 e. The Kier molecular flexibility index (Phi) is 2.92. The van der Waals surface area contributed by atoms with Crippen molar-refractivity contribution in [1.29, 1.82) is 0 Å². The highest BCUT2D eigenvalue weighted by molar-refractivity contribution is 5.40. The molecule has 0 spiro atoms. The lowest BCUT2D eigenvalue weighted by Gasteiger charge is -2.19. The first-order valence-corrected chi connectivity index (χ1v) is 4.60. The van der Waals surface area contributed by atoms with Crippen LogP contribution in [0.5, 0.6) is 0 Å². The molecule has 0 bridgehead atoms. The summed E-state index contributed by atoms with van der Waals surface area (Å²) in [6.07, 6.45) is 7.64. The molecule has 0 heteroatoms. The molecule has 0 aliphatic heterocycles. The zero-order valence-electron chi connectivity index (χ0n) is 7.91. The third-order valence-corrected chi connectivity index (χ3v) is 2.29. The fourth-order valence-electron chi connectivity index (χ4n) is 1.35. The van der Waals surface area contributed by atoms with Gasteiger partial charge in [-0.25, -0.2) is 0 Å². The average Bonchev–Trinajstić information content (AvgIpc) is 1.84. The molecular formula is C11H18. The Morgan fingerprint density at radius 3 is 2.55 bits per heavy atom. The fraction of sp³-hybridized carbons (Fsp3) is 0.636. The third-order valence-electron chi connectivity index (χ3n) is 2.29. The van der Waals surface area contributed by atoms with E-state index in [9.17, 15) is 0 Å². The van der Waals surface area contributed by atoms with E-state index in [2.05, 4.69) is 26.8 Å². The van der Waals surface area contributed by atoms with Crippen molar-refractivity contribution in [3.8, 4) is 0 Å². The summed E-state index contributed by atoms with van der Waals surface area (Å²) >= 11 is 0. The van der Waals surface area contributed by atoms with E-state index in [0.29, 0.717) is 0 Å². The van der Waals surface area contributed by atoms with Gasteiger partial charge in [-0.15, -0.1) is 0 Å². The van der Waals surface area contributed by atoms with Crippen molar-refractivity contribution >= 4 is 0 Å². The summed E-state index contributed by atoms with van der Waals surface area (Å²) in [6.45, 7) is 6.64. The van der Waals surface area contributed by atoms with E-state index in [0.717, 1.165) is 0 Å². The predicted octanol–water partition coefficient (Wildman–Crippen LogP) is 3.84. The molecule has 0 aromatic rings. The first-order valence-electron chi connectivity index (χ1n) is 4.60. The largest absolute Gasteiger partial charge is 0.0729 e. The minimum Gasteiger partial charge on any atom is -0.0729 e. The lowest BCUT2D eigenvalue weighted by Crippen LogP contribution is -2.00. The highest BCUT2D eigenvalue weighted by Crippen LogP contribution is 2.30. The minimum atomic E-state index is 1.27. The molecule has 0 saturated carbocycles. The van der Waals surface area contributed by atoms with Gasteiger partial charge in [-0.2, -0.15) is 0 Å². The highest BCUT2D eigenvalue weighted by Gasteiger charge is 2.11. The molecule has 11 heavy (non-hydrogen) atoms. The summed E-state index contributed by atoms with van der Waals surface area (Å²) in [5.74, 6) is 0. The molecule has 62 valence electrons. The molecule has 0 aromatic heterocycles. The standard InChI is InChI=1S/C11H18/c1-4-5-6-10-7-11(8-10)9(2)3/h7H,4-6,8H2,1-3H3. The van der Waals surface area contributed by atoms with Crippen molar-refractivity contribution in [1.82, 2.24) is 0 Å². The summed E-state index contributed by atoms with van der Waals surface area (Å²) in [5.41, 5.74) is 4.71. The maximum absolute atomic E-state index is 2.37. The van der Waals surface area contributed by atoms with Crippen LogP contribution in [0.3, 0.4) is 0 Å². The zero-order chi connectivity index (χ0) is 8.27. The quantitative estimate of drug-likeness (QED) is 0.573. The van der Waals surface area contributed by atoms with Gasteiger partial charge in [0.05, 0.1) is 0 Å². The molecule has 0 radical (unpaired) electrons. The second kappa shape index (κ2) is 3.75. The summed E-state index contributed by atoms with van der Waals surface area (Å²) in [4.78, 5) is 0. The molecule has 1 rings (SSSR count). The lowest BCUT2D eigenvalue weighted by molar-refractivity contribution is 0.753. The first-order chi connectivity index (χ1) is 5.24.